The third-order valence-electron chi connectivity index (χ3n) is 2.78. The van der Waals surface area contributed by atoms with Crippen LogP contribution in [0.5, 0.6) is 11.5 Å². The van der Waals surface area contributed by atoms with E-state index in [9.17, 15) is 8.78 Å². The van der Waals surface area contributed by atoms with Gasteiger partial charge >= 0.3 is 0 Å². The molecule has 0 aliphatic rings. The van der Waals surface area contributed by atoms with E-state index < -0.39 is 5.82 Å². The summed E-state index contributed by atoms with van der Waals surface area (Å²) in [7, 11) is 1.40. The van der Waals surface area contributed by atoms with Gasteiger partial charge < -0.3 is 9.47 Å². The average Bonchev–Trinajstić information content (AvgIpc) is 2.46. The van der Waals surface area contributed by atoms with E-state index in [4.69, 9.17) is 21.1 Å². The van der Waals surface area contributed by atoms with E-state index in [-0.39, 0.29) is 24.1 Å². The predicted octanol–water partition coefficient (Wildman–Crippen LogP) is 4.29. The maximum absolute atomic E-state index is 13.5. The summed E-state index contributed by atoms with van der Waals surface area (Å²) >= 11 is 5.73. The Morgan fingerprint density at radius 2 is 1.80 bits per heavy atom. The molecule has 0 amide bonds. The van der Waals surface area contributed by atoms with E-state index in [1.165, 1.54) is 37.4 Å². The van der Waals surface area contributed by atoms with Gasteiger partial charge in [-0.2, -0.15) is 0 Å². The first kappa shape index (κ1) is 14.6. The lowest BCUT2D eigenvalue weighted by Gasteiger charge is -2.11. The van der Waals surface area contributed by atoms with Crippen molar-refractivity contribution in [3.8, 4) is 11.5 Å². The molecule has 0 saturated carbocycles. The second-order valence-corrected chi connectivity index (χ2v) is 4.41. The molecule has 0 fully saturated rings. The van der Waals surface area contributed by atoms with E-state index in [0.29, 0.717) is 16.9 Å². The van der Waals surface area contributed by atoms with Crippen molar-refractivity contribution in [1.29, 1.82) is 0 Å². The van der Waals surface area contributed by atoms with E-state index in [0.717, 1.165) is 0 Å². The maximum atomic E-state index is 13.5. The summed E-state index contributed by atoms with van der Waals surface area (Å²) in [6.07, 6.45) is 0. The van der Waals surface area contributed by atoms with Crippen LogP contribution in [0.25, 0.3) is 0 Å². The first-order chi connectivity index (χ1) is 9.63. The van der Waals surface area contributed by atoms with Gasteiger partial charge in [0, 0.05) is 5.56 Å². The van der Waals surface area contributed by atoms with Crippen LogP contribution in [-0.2, 0) is 12.5 Å². The highest BCUT2D eigenvalue weighted by atomic mass is 35.5. The Balaban J connectivity index is 2.10. The molecule has 2 rings (SSSR count). The van der Waals surface area contributed by atoms with Gasteiger partial charge in [-0.3, -0.25) is 0 Å². The Morgan fingerprint density at radius 1 is 1.05 bits per heavy atom. The van der Waals surface area contributed by atoms with Crippen LogP contribution in [0, 0.1) is 11.6 Å². The van der Waals surface area contributed by atoms with Crippen molar-refractivity contribution in [2.24, 2.45) is 0 Å². The van der Waals surface area contributed by atoms with E-state index in [1.807, 2.05) is 0 Å². The van der Waals surface area contributed by atoms with Crippen LogP contribution in [0.4, 0.5) is 8.78 Å². The number of ether oxygens (including phenoxy) is 2. The molecule has 0 N–H and O–H groups in total. The first-order valence-electron chi connectivity index (χ1n) is 5.93. The zero-order valence-corrected chi connectivity index (χ0v) is 11.6. The van der Waals surface area contributed by atoms with Gasteiger partial charge in [-0.15, -0.1) is 11.6 Å². The number of hydrogen-bond donors (Lipinski definition) is 0. The van der Waals surface area contributed by atoms with Gasteiger partial charge in [-0.1, -0.05) is 6.07 Å². The highest BCUT2D eigenvalue weighted by Crippen LogP contribution is 2.24. The Hall–Kier alpha value is -1.81. The number of alkyl halides is 1. The highest BCUT2D eigenvalue weighted by molar-refractivity contribution is 6.17. The van der Waals surface area contributed by atoms with Crippen LogP contribution in [0.1, 0.15) is 11.1 Å². The molecule has 20 heavy (non-hydrogen) atoms. The third kappa shape index (κ3) is 3.39. The monoisotopic (exact) mass is 298 g/mol. The number of hydrogen-bond acceptors (Lipinski definition) is 2. The van der Waals surface area contributed by atoms with Crippen molar-refractivity contribution in [3.05, 3.63) is 59.2 Å². The van der Waals surface area contributed by atoms with Gasteiger partial charge in [0.15, 0.2) is 11.6 Å². The maximum Gasteiger partial charge on any atom is 0.165 e. The van der Waals surface area contributed by atoms with E-state index >= 15 is 0 Å². The van der Waals surface area contributed by atoms with Crippen LogP contribution >= 0.6 is 11.6 Å². The zero-order valence-electron chi connectivity index (χ0n) is 10.8. The lowest BCUT2D eigenvalue weighted by atomic mass is 10.2. The predicted molar refractivity (Wildman–Crippen MR) is 73.2 cm³/mol. The van der Waals surface area contributed by atoms with E-state index in [1.54, 1.807) is 6.07 Å². The molecule has 2 nitrogen and oxygen atoms in total. The molecule has 0 spiro atoms. The van der Waals surface area contributed by atoms with Gasteiger partial charge in [0.05, 0.1) is 13.0 Å². The second kappa shape index (κ2) is 6.57. The molecule has 2 aromatic rings. The van der Waals surface area contributed by atoms with Crippen LogP contribution in [0.2, 0.25) is 0 Å². The Labute approximate surface area is 120 Å². The summed E-state index contributed by atoms with van der Waals surface area (Å²) < 4.78 is 37.0. The number of methoxy groups -OCH3 is 1. The van der Waals surface area contributed by atoms with Crippen LogP contribution < -0.4 is 9.47 Å². The van der Waals surface area contributed by atoms with Gasteiger partial charge in [-0.25, -0.2) is 8.78 Å². The van der Waals surface area contributed by atoms with Crippen molar-refractivity contribution < 1.29 is 18.3 Å². The topological polar surface area (TPSA) is 18.5 Å². The van der Waals surface area contributed by atoms with Gasteiger partial charge in [0.2, 0.25) is 0 Å². The molecule has 0 aliphatic carbocycles. The number of rotatable bonds is 5. The Kier molecular flexibility index (Phi) is 4.79. The molecule has 0 unspecified atom stereocenters. The Morgan fingerprint density at radius 3 is 2.45 bits per heavy atom. The summed E-state index contributed by atoms with van der Waals surface area (Å²) in [4.78, 5) is 0. The Bertz CT molecular complexity index is 602. The normalized spacial score (nSPS) is 10.4. The summed E-state index contributed by atoms with van der Waals surface area (Å²) in [6.45, 7) is 0.163. The second-order valence-electron chi connectivity index (χ2n) is 4.14. The first-order valence-corrected chi connectivity index (χ1v) is 6.47. The molecule has 0 aromatic heterocycles. The minimum Gasteiger partial charge on any atom is -0.494 e. The quantitative estimate of drug-likeness (QED) is 0.767. The molecular weight excluding hydrogens is 286 g/mol. The summed E-state index contributed by atoms with van der Waals surface area (Å²) in [5.74, 6) is -0.0206. The molecule has 0 radical (unpaired) electrons. The fourth-order valence-corrected chi connectivity index (χ4v) is 1.96. The molecule has 0 bridgehead atoms. The fraction of sp³-hybridized carbons (Fsp3) is 0.200. The van der Waals surface area contributed by atoms with Gasteiger partial charge in [-0.05, 0) is 35.9 Å². The number of benzene rings is 2. The minimum absolute atomic E-state index is 0.143. The van der Waals surface area contributed by atoms with Crippen molar-refractivity contribution >= 4 is 11.6 Å². The third-order valence-corrected chi connectivity index (χ3v) is 3.06. The molecular formula is C15H13ClF2O2. The standard InChI is InChI=1S/C15H13ClF2O2/c1-19-15-4-2-10(6-13(15)18)9-20-14-5-3-12(17)7-11(14)8-16/h2-7H,8-9H2,1H3. The molecule has 0 heterocycles. The van der Waals surface area contributed by atoms with Crippen molar-refractivity contribution in [2.45, 2.75) is 12.5 Å². The minimum atomic E-state index is -0.453. The molecule has 106 valence electrons. The van der Waals surface area contributed by atoms with Crippen LogP contribution in [0.3, 0.4) is 0 Å². The van der Waals surface area contributed by atoms with Crippen LogP contribution in [-0.4, -0.2) is 7.11 Å². The van der Waals surface area contributed by atoms with Crippen molar-refractivity contribution in [2.75, 3.05) is 7.11 Å². The highest BCUT2D eigenvalue weighted by Gasteiger charge is 2.07. The largest absolute Gasteiger partial charge is 0.494 e. The molecule has 0 saturated heterocycles. The lowest BCUT2D eigenvalue weighted by Crippen LogP contribution is -1.99. The van der Waals surface area contributed by atoms with Gasteiger partial charge in [0.1, 0.15) is 18.2 Å². The summed E-state index contributed by atoms with van der Waals surface area (Å²) in [5, 5.41) is 0. The van der Waals surface area contributed by atoms with Crippen molar-refractivity contribution in [3.63, 3.8) is 0 Å². The number of halogens is 3. The average molecular weight is 299 g/mol. The van der Waals surface area contributed by atoms with Gasteiger partial charge in [0.25, 0.3) is 0 Å². The summed E-state index contributed by atoms with van der Waals surface area (Å²) in [6, 6.07) is 8.68. The molecule has 5 heteroatoms. The molecule has 2 aromatic carbocycles. The molecule has 0 aliphatic heterocycles. The smallest absolute Gasteiger partial charge is 0.165 e. The summed E-state index contributed by atoms with van der Waals surface area (Å²) in [5.41, 5.74) is 1.20. The fourth-order valence-electron chi connectivity index (χ4n) is 1.75. The van der Waals surface area contributed by atoms with Crippen molar-refractivity contribution in [1.82, 2.24) is 0 Å². The van der Waals surface area contributed by atoms with E-state index in [2.05, 4.69) is 0 Å². The SMILES string of the molecule is COc1ccc(COc2ccc(F)cc2CCl)cc1F. The lowest BCUT2D eigenvalue weighted by molar-refractivity contribution is 0.302. The zero-order chi connectivity index (χ0) is 14.5. The molecule has 0 atom stereocenters. The van der Waals surface area contributed by atoms with Crippen LogP contribution in [0.15, 0.2) is 36.4 Å².